The van der Waals surface area contributed by atoms with Crippen molar-refractivity contribution >= 4 is 24.2 Å². The molecule has 0 aliphatic carbocycles. The maximum atomic E-state index is 11.7. The molecule has 20 heavy (non-hydrogen) atoms. The number of sulfonamides is 1. The zero-order valence-corrected chi connectivity index (χ0v) is 14.8. The smallest absolute Gasteiger partial charge is 0.224 e. The lowest BCUT2D eigenvalue weighted by atomic mass is 10.2. The van der Waals surface area contributed by atoms with Crippen LogP contribution < -0.4 is 5.14 Å². The minimum absolute atomic E-state index is 0.0150. The largest absolute Gasteiger partial charge is 0.415 e. The van der Waals surface area contributed by atoms with Crippen LogP contribution in [0.5, 0.6) is 0 Å². The summed E-state index contributed by atoms with van der Waals surface area (Å²) in [6, 6.07) is 0. The number of nitrogens with two attached hydrogens (primary N) is 1. The predicted octanol–water partition coefficient (Wildman–Crippen LogP) is 0.898. The number of amides is 1. The van der Waals surface area contributed by atoms with Gasteiger partial charge in [-0.25, -0.2) is 13.6 Å². The molecular formula is C12H26N2O4SSi. The third kappa shape index (κ3) is 4.27. The Morgan fingerprint density at radius 3 is 2.35 bits per heavy atom. The Morgan fingerprint density at radius 1 is 1.40 bits per heavy atom. The molecule has 1 rings (SSSR count). The van der Waals surface area contributed by atoms with E-state index >= 15 is 0 Å². The molecule has 0 aromatic rings. The van der Waals surface area contributed by atoms with Crippen molar-refractivity contribution in [1.82, 2.24) is 4.90 Å². The molecule has 0 aromatic carbocycles. The molecule has 0 saturated carbocycles. The van der Waals surface area contributed by atoms with Gasteiger partial charge < -0.3 is 9.33 Å². The highest BCUT2D eigenvalue weighted by molar-refractivity contribution is 7.89. The van der Waals surface area contributed by atoms with E-state index in [4.69, 9.17) is 9.56 Å². The van der Waals surface area contributed by atoms with Gasteiger partial charge in [0.1, 0.15) is 5.25 Å². The molecule has 1 saturated heterocycles. The summed E-state index contributed by atoms with van der Waals surface area (Å²) in [7, 11) is -5.47. The summed E-state index contributed by atoms with van der Waals surface area (Å²) in [4.78, 5) is 13.3. The highest BCUT2D eigenvalue weighted by atomic mass is 32.2. The lowest BCUT2D eigenvalue weighted by molar-refractivity contribution is -0.128. The molecule has 1 unspecified atom stereocenters. The minimum atomic E-state index is -3.64. The average Bonchev–Trinajstić information content (AvgIpc) is 2.58. The van der Waals surface area contributed by atoms with Crippen LogP contribution in [0.2, 0.25) is 18.1 Å². The summed E-state index contributed by atoms with van der Waals surface area (Å²) < 4.78 is 28.5. The van der Waals surface area contributed by atoms with Crippen molar-refractivity contribution < 1.29 is 17.6 Å². The fourth-order valence-electron chi connectivity index (χ4n) is 1.80. The summed E-state index contributed by atoms with van der Waals surface area (Å²) in [6.07, 6.45) is -0.0150. The van der Waals surface area contributed by atoms with E-state index in [1.165, 1.54) is 4.90 Å². The molecule has 1 atom stereocenters. The summed E-state index contributed by atoms with van der Waals surface area (Å²) in [6.45, 7) is 11.8. The van der Waals surface area contributed by atoms with Crippen molar-refractivity contribution in [3.8, 4) is 0 Å². The number of primary sulfonamides is 1. The number of nitrogens with zero attached hydrogens (tertiary/aromatic N) is 1. The zero-order chi connectivity index (χ0) is 15.8. The van der Waals surface area contributed by atoms with Crippen LogP contribution in [0, 0.1) is 0 Å². The molecule has 0 radical (unpaired) electrons. The first-order valence-corrected chi connectivity index (χ1v) is 11.3. The molecule has 1 aliphatic heterocycles. The SMILES string of the molecule is CC(C)(C)[Si](C)(C)OCCN1CC(S(N)(=O)=O)CC1=O. The van der Waals surface area contributed by atoms with Crippen LogP contribution >= 0.6 is 0 Å². The molecule has 0 aromatic heterocycles. The molecule has 6 nitrogen and oxygen atoms in total. The first-order chi connectivity index (χ1) is 8.84. The Hall–Kier alpha value is -0.443. The minimum Gasteiger partial charge on any atom is -0.415 e. The predicted molar refractivity (Wildman–Crippen MR) is 81.2 cm³/mol. The number of likely N-dealkylation sites (tertiary alicyclic amines) is 1. The molecular weight excluding hydrogens is 296 g/mol. The van der Waals surface area contributed by atoms with Gasteiger partial charge in [-0.3, -0.25) is 4.79 Å². The molecule has 2 N–H and O–H groups in total. The lowest BCUT2D eigenvalue weighted by Crippen LogP contribution is -2.43. The Morgan fingerprint density at radius 2 is 1.95 bits per heavy atom. The molecule has 1 fully saturated rings. The van der Waals surface area contributed by atoms with Crippen LogP contribution in [0.15, 0.2) is 0 Å². The quantitative estimate of drug-likeness (QED) is 0.761. The van der Waals surface area contributed by atoms with Crippen molar-refractivity contribution in [2.75, 3.05) is 19.7 Å². The average molecular weight is 323 g/mol. The maximum Gasteiger partial charge on any atom is 0.224 e. The monoisotopic (exact) mass is 322 g/mol. The van der Waals surface area contributed by atoms with E-state index in [-0.39, 0.29) is 23.9 Å². The fraction of sp³-hybridized carbons (Fsp3) is 0.917. The first kappa shape index (κ1) is 17.6. The van der Waals surface area contributed by atoms with Gasteiger partial charge in [-0.15, -0.1) is 0 Å². The second-order valence-electron chi connectivity index (χ2n) is 6.86. The highest BCUT2D eigenvalue weighted by Gasteiger charge is 2.39. The molecule has 1 amide bonds. The van der Waals surface area contributed by atoms with Crippen LogP contribution in [0.4, 0.5) is 0 Å². The van der Waals surface area contributed by atoms with Gasteiger partial charge in [0.2, 0.25) is 15.9 Å². The van der Waals surface area contributed by atoms with Crippen molar-refractivity contribution in [2.24, 2.45) is 5.14 Å². The van der Waals surface area contributed by atoms with Crippen LogP contribution in [0.25, 0.3) is 0 Å². The van der Waals surface area contributed by atoms with E-state index in [2.05, 4.69) is 33.9 Å². The second-order valence-corrected chi connectivity index (χ2v) is 13.5. The van der Waals surface area contributed by atoms with Gasteiger partial charge in [0.05, 0.1) is 6.61 Å². The molecule has 8 heteroatoms. The first-order valence-electron chi connectivity index (χ1n) is 6.78. The molecule has 0 bridgehead atoms. The van der Waals surface area contributed by atoms with Gasteiger partial charge in [-0.2, -0.15) is 0 Å². The topological polar surface area (TPSA) is 89.7 Å². The van der Waals surface area contributed by atoms with Gasteiger partial charge in [0, 0.05) is 19.5 Å². The van der Waals surface area contributed by atoms with E-state index in [1.807, 2.05) is 0 Å². The summed E-state index contributed by atoms with van der Waals surface area (Å²) in [5.74, 6) is -0.164. The van der Waals surface area contributed by atoms with Crippen LogP contribution in [0.1, 0.15) is 27.2 Å². The maximum absolute atomic E-state index is 11.7. The van der Waals surface area contributed by atoms with Gasteiger partial charge in [-0.1, -0.05) is 20.8 Å². The van der Waals surface area contributed by atoms with Crippen molar-refractivity contribution in [2.45, 2.75) is 50.6 Å². The highest BCUT2D eigenvalue weighted by Crippen LogP contribution is 2.36. The molecule has 1 heterocycles. The lowest BCUT2D eigenvalue weighted by Gasteiger charge is -2.36. The number of hydrogen-bond donors (Lipinski definition) is 1. The Kier molecular flexibility index (Phi) is 5.06. The number of rotatable bonds is 5. The van der Waals surface area contributed by atoms with Crippen molar-refractivity contribution in [3.05, 3.63) is 0 Å². The van der Waals surface area contributed by atoms with Crippen LogP contribution in [0.3, 0.4) is 0 Å². The van der Waals surface area contributed by atoms with E-state index in [0.29, 0.717) is 13.2 Å². The van der Waals surface area contributed by atoms with E-state index in [0.717, 1.165) is 0 Å². The van der Waals surface area contributed by atoms with Crippen molar-refractivity contribution in [3.63, 3.8) is 0 Å². The number of hydrogen-bond acceptors (Lipinski definition) is 4. The summed E-state index contributed by atoms with van der Waals surface area (Å²) in [5, 5.41) is 4.43. The van der Waals surface area contributed by atoms with Crippen molar-refractivity contribution in [1.29, 1.82) is 0 Å². The van der Waals surface area contributed by atoms with E-state index in [1.54, 1.807) is 0 Å². The summed E-state index contributed by atoms with van der Waals surface area (Å²) in [5.41, 5.74) is 0. The normalized spacial score (nSPS) is 21.6. The van der Waals surface area contributed by atoms with Crippen LogP contribution in [-0.4, -0.2) is 52.5 Å². The van der Waals surface area contributed by atoms with Crippen LogP contribution in [-0.2, 0) is 19.2 Å². The second kappa shape index (κ2) is 5.74. The number of carbonyl (C=O) groups is 1. The standard InChI is InChI=1S/C12H26N2O4SSi/c1-12(2,3)20(4,5)18-7-6-14-9-10(8-11(14)15)19(13,16)17/h10H,6-9H2,1-5H3,(H2,13,16,17). The zero-order valence-electron chi connectivity index (χ0n) is 13.0. The van der Waals surface area contributed by atoms with Gasteiger partial charge in [0.25, 0.3) is 0 Å². The Labute approximate surface area is 122 Å². The Bertz CT molecular complexity index is 470. The van der Waals surface area contributed by atoms with Gasteiger partial charge in [0.15, 0.2) is 8.32 Å². The van der Waals surface area contributed by atoms with Gasteiger partial charge >= 0.3 is 0 Å². The Balaban J connectivity index is 2.50. The van der Waals surface area contributed by atoms with E-state index < -0.39 is 23.6 Å². The molecule has 0 spiro atoms. The number of carbonyl (C=O) groups excluding carboxylic acids is 1. The third-order valence-corrected chi connectivity index (χ3v) is 10.1. The summed E-state index contributed by atoms with van der Waals surface area (Å²) >= 11 is 0. The van der Waals surface area contributed by atoms with E-state index in [9.17, 15) is 13.2 Å². The fourth-order valence-corrected chi connectivity index (χ4v) is 3.60. The van der Waals surface area contributed by atoms with Gasteiger partial charge in [-0.05, 0) is 18.1 Å². The third-order valence-electron chi connectivity index (χ3n) is 4.27. The molecule has 118 valence electrons. The molecule has 1 aliphatic rings.